The Bertz CT molecular complexity index is 1030. The fourth-order valence-electron chi connectivity index (χ4n) is 3.83. The fraction of sp³-hybridized carbons (Fsp3) is 0.636. The predicted molar refractivity (Wildman–Crippen MR) is 125 cm³/mol. The third-order valence-corrected chi connectivity index (χ3v) is 8.64. The van der Waals surface area contributed by atoms with Gasteiger partial charge in [0.2, 0.25) is 10.0 Å². The number of aryl methyl sites for hydroxylation is 1. The first-order chi connectivity index (χ1) is 14.6. The van der Waals surface area contributed by atoms with E-state index in [1.807, 2.05) is 23.4 Å². The number of carbonyl (C=O) groups excluding carboxylic acids is 1. The maximum Gasteiger partial charge on any atom is 0.265 e. The first-order valence-corrected chi connectivity index (χ1v) is 13.3. The van der Waals surface area contributed by atoms with Crippen LogP contribution in [0.4, 0.5) is 0 Å². The number of hydrogen-bond acceptors (Lipinski definition) is 5. The Kier molecular flexibility index (Phi) is 7.59. The van der Waals surface area contributed by atoms with Crippen LogP contribution in [0.25, 0.3) is 10.7 Å². The van der Waals surface area contributed by atoms with Crippen molar-refractivity contribution in [3.05, 3.63) is 22.3 Å². The van der Waals surface area contributed by atoms with Crippen LogP contribution in [0, 0.1) is 19.8 Å². The molecule has 2 aromatic heterocycles. The van der Waals surface area contributed by atoms with E-state index in [0.29, 0.717) is 39.4 Å². The van der Waals surface area contributed by atoms with Gasteiger partial charge in [-0.15, -0.1) is 11.3 Å². The fourth-order valence-corrected chi connectivity index (χ4v) is 6.25. The van der Waals surface area contributed by atoms with Crippen LogP contribution in [0.2, 0.25) is 0 Å². The van der Waals surface area contributed by atoms with Gasteiger partial charge in [-0.1, -0.05) is 26.7 Å². The summed E-state index contributed by atoms with van der Waals surface area (Å²) in [7, 11) is -1.77. The van der Waals surface area contributed by atoms with E-state index in [1.54, 1.807) is 13.0 Å². The molecule has 31 heavy (non-hydrogen) atoms. The van der Waals surface area contributed by atoms with Gasteiger partial charge < -0.3 is 9.47 Å². The molecule has 0 bridgehead atoms. The van der Waals surface area contributed by atoms with Crippen LogP contribution >= 0.6 is 11.3 Å². The Hall–Kier alpha value is -1.71. The lowest BCUT2D eigenvalue weighted by molar-refractivity contribution is 0.0765. The minimum absolute atomic E-state index is 0.0391. The van der Waals surface area contributed by atoms with Gasteiger partial charge in [0.05, 0.1) is 11.4 Å². The quantitative estimate of drug-likeness (QED) is 0.666. The third kappa shape index (κ3) is 5.38. The Labute approximate surface area is 189 Å². The first kappa shape index (κ1) is 23.9. The first-order valence-electron chi connectivity index (χ1n) is 11.0. The van der Waals surface area contributed by atoms with Crippen molar-refractivity contribution in [3.8, 4) is 10.7 Å². The zero-order valence-electron chi connectivity index (χ0n) is 19.2. The third-order valence-electron chi connectivity index (χ3n) is 5.90. The van der Waals surface area contributed by atoms with Crippen LogP contribution in [0.5, 0.6) is 0 Å². The maximum atomic E-state index is 13.1. The van der Waals surface area contributed by atoms with Crippen LogP contribution in [0.1, 0.15) is 67.0 Å². The molecule has 0 atom stereocenters. The molecule has 7 nitrogen and oxygen atoms in total. The van der Waals surface area contributed by atoms with Crippen LogP contribution in [0.15, 0.2) is 11.0 Å². The van der Waals surface area contributed by atoms with Crippen molar-refractivity contribution in [2.75, 3.05) is 19.6 Å². The van der Waals surface area contributed by atoms with E-state index in [1.165, 1.54) is 24.2 Å². The van der Waals surface area contributed by atoms with Crippen molar-refractivity contribution in [2.45, 2.75) is 64.7 Å². The van der Waals surface area contributed by atoms with Gasteiger partial charge >= 0.3 is 0 Å². The highest BCUT2D eigenvalue weighted by molar-refractivity contribution is 7.89. The lowest BCUT2D eigenvalue weighted by atomic mass is 10.1. The standard InChI is InChI=1S/C22H34N4O3S2/c1-15(2)10-11-23-31(28,29)19-14-18(25(5)17(19)4)21-24-16(3)20(30-21)22(27)26-12-8-6-7-9-13-26/h14-15,23H,6-13H2,1-5H3. The topological polar surface area (TPSA) is 84.3 Å². The molecule has 1 fully saturated rings. The second-order valence-electron chi connectivity index (χ2n) is 8.76. The molecule has 1 amide bonds. The molecule has 3 heterocycles. The number of sulfonamides is 1. The van der Waals surface area contributed by atoms with E-state index < -0.39 is 10.0 Å². The van der Waals surface area contributed by atoms with Gasteiger partial charge in [-0.3, -0.25) is 4.79 Å². The highest BCUT2D eigenvalue weighted by atomic mass is 32.2. The highest BCUT2D eigenvalue weighted by Crippen LogP contribution is 2.33. The molecular weight excluding hydrogens is 432 g/mol. The molecule has 0 radical (unpaired) electrons. The van der Waals surface area contributed by atoms with Crippen molar-refractivity contribution < 1.29 is 13.2 Å². The molecule has 3 rings (SSSR count). The van der Waals surface area contributed by atoms with Crippen molar-refractivity contribution >= 4 is 27.3 Å². The van der Waals surface area contributed by atoms with Gasteiger partial charge in [0.1, 0.15) is 14.8 Å². The molecule has 0 aromatic carbocycles. The zero-order chi connectivity index (χ0) is 22.8. The Morgan fingerprint density at radius 2 is 1.84 bits per heavy atom. The minimum atomic E-state index is -3.61. The van der Waals surface area contributed by atoms with Gasteiger partial charge in [0.25, 0.3) is 5.91 Å². The van der Waals surface area contributed by atoms with Gasteiger partial charge in [-0.25, -0.2) is 18.1 Å². The maximum absolute atomic E-state index is 13.1. The average molecular weight is 467 g/mol. The van der Waals surface area contributed by atoms with Crippen LogP contribution in [0.3, 0.4) is 0 Å². The smallest absolute Gasteiger partial charge is 0.265 e. The van der Waals surface area contributed by atoms with E-state index in [4.69, 9.17) is 0 Å². The summed E-state index contributed by atoms with van der Waals surface area (Å²) in [6.45, 7) is 9.77. The summed E-state index contributed by atoms with van der Waals surface area (Å²) in [6, 6.07) is 1.67. The van der Waals surface area contributed by atoms with Crippen LogP contribution in [-0.2, 0) is 17.1 Å². The number of nitrogens with one attached hydrogen (secondary N) is 1. The SMILES string of the molecule is Cc1nc(-c2cc(S(=O)(=O)NCCC(C)C)c(C)n2C)sc1C(=O)N1CCCCCC1. The Morgan fingerprint density at radius 3 is 2.45 bits per heavy atom. The van der Waals surface area contributed by atoms with Crippen molar-refractivity contribution in [3.63, 3.8) is 0 Å². The van der Waals surface area contributed by atoms with Gasteiger partial charge in [0, 0.05) is 32.4 Å². The van der Waals surface area contributed by atoms with Gasteiger partial charge in [0.15, 0.2) is 0 Å². The number of aromatic nitrogens is 2. The molecule has 0 saturated carbocycles. The summed E-state index contributed by atoms with van der Waals surface area (Å²) in [6.07, 6.45) is 5.20. The number of carbonyl (C=O) groups is 1. The Morgan fingerprint density at radius 1 is 1.19 bits per heavy atom. The number of likely N-dealkylation sites (tertiary alicyclic amines) is 1. The number of amides is 1. The normalized spacial score (nSPS) is 15.5. The Balaban J connectivity index is 1.88. The molecular formula is C22H34N4O3S2. The second-order valence-corrected chi connectivity index (χ2v) is 11.5. The molecule has 1 N–H and O–H groups in total. The van der Waals surface area contributed by atoms with E-state index in [2.05, 4.69) is 23.6 Å². The summed E-state index contributed by atoms with van der Waals surface area (Å²) < 4.78 is 30.2. The summed E-state index contributed by atoms with van der Waals surface area (Å²) >= 11 is 1.35. The zero-order valence-corrected chi connectivity index (χ0v) is 20.8. The van der Waals surface area contributed by atoms with E-state index in [0.717, 1.165) is 32.4 Å². The lowest BCUT2D eigenvalue weighted by Crippen LogP contribution is -2.31. The minimum Gasteiger partial charge on any atom is -0.345 e. The van der Waals surface area contributed by atoms with Gasteiger partial charge in [-0.2, -0.15) is 0 Å². The van der Waals surface area contributed by atoms with Crippen molar-refractivity contribution in [1.82, 2.24) is 19.2 Å². The molecule has 0 unspecified atom stereocenters. The molecule has 1 aliphatic heterocycles. The van der Waals surface area contributed by atoms with Crippen LogP contribution in [-0.4, -0.2) is 48.4 Å². The number of rotatable bonds is 7. The monoisotopic (exact) mass is 466 g/mol. The van der Waals surface area contributed by atoms with Crippen molar-refractivity contribution in [1.29, 1.82) is 0 Å². The number of hydrogen-bond donors (Lipinski definition) is 1. The molecule has 0 aliphatic carbocycles. The van der Waals surface area contributed by atoms with E-state index in [9.17, 15) is 13.2 Å². The number of thiazole rings is 1. The second kappa shape index (κ2) is 9.83. The largest absolute Gasteiger partial charge is 0.345 e. The number of nitrogens with zero attached hydrogens (tertiary/aromatic N) is 3. The molecule has 9 heteroatoms. The van der Waals surface area contributed by atoms with E-state index >= 15 is 0 Å². The van der Waals surface area contributed by atoms with Gasteiger partial charge in [-0.05, 0) is 45.1 Å². The molecule has 2 aromatic rings. The average Bonchev–Trinajstić information content (AvgIpc) is 3.08. The lowest BCUT2D eigenvalue weighted by Gasteiger charge is -2.19. The highest BCUT2D eigenvalue weighted by Gasteiger charge is 2.26. The van der Waals surface area contributed by atoms with Crippen LogP contribution < -0.4 is 4.72 Å². The summed E-state index contributed by atoms with van der Waals surface area (Å²) in [5.41, 5.74) is 2.07. The van der Waals surface area contributed by atoms with Crippen molar-refractivity contribution in [2.24, 2.45) is 13.0 Å². The summed E-state index contributed by atoms with van der Waals surface area (Å²) in [4.78, 5) is 20.6. The summed E-state index contributed by atoms with van der Waals surface area (Å²) in [5.74, 6) is 0.464. The molecule has 0 spiro atoms. The predicted octanol–water partition coefficient (Wildman–Crippen LogP) is 4.11. The van der Waals surface area contributed by atoms with E-state index in [-0.39, 0.29) is 10.8 Å². The molecule has 1 saturated heterocycles. The molecule has 1 aliphatic rings. The molecule has 172 valence electrons. The summed E-state index contributed by atoms with van der Waals surface area (Å²) in [5, 5.41) is 0.671.